The summed E-state index contributed by atoms with van der Waals surface area (Å²) in [4.78, 5) is 0. The average molecular weight is 488 g/mol. The molecule has 35 heavy (non-hydrogen) atoms. The highest BCUT2D eigenvalue weighted by molar-refractivity contribution is 4.99. The lowest BCUT2D eigenvalue weighted by molar-refractivity contribution is 0.521. The summed E-state index contributed by atoms with van der Waals surface area (Å²) in [5, 5.41) is 3.66. The van der Waals surface area contributed by atoms with Gasteiger partial charge in [0.05, 0.1) is 0 Å². The Kier molecular flexibility index (Phi) is 32.4. The van der Waals surface area contributed by atoms with Crippen LogP contribution in [0.15, 0.2) is 36.4 Å². The van der Waals surface area contributed by atoms with E-state index in [-0.39, 0.29) is 0 Å². The molecule has 0 aliphatic heterocycles. The highest BCUT2D eigenvalue weighted by atomic mass is 14.8. The van der Waals surface area contributed by atoms with Gasteiger partial charge in [-0.25, -0.2) is 0 Å². The lowest BCUT2D eigenvalue weighted by atomic mass is 10.1. The first-order valence-electron chi connectivity index (χ1n) is 16.1. The minimum Gasteiger partial charge on any atom is -0.317 e. The summed E-state index contributed by atoms with van der Waals surface area (Å²) in [6, 6.07) is 12.0. The first kappa shape index (κ1) is 34.2. The van der Waals surface area contributed by atoms with E-state index in [0.717, 1.165) is 0 Å². The van der Waals surface area contributed by atoms with Gasteiger partial charge in [0.2, 0.25) is 0 Å². The topological polar surface area (TPSA) is 12.0 Å². The van der Waals surface area contributed by atoms with Crippen LogP contribution in [0.5, 0.6) is 0 Å². The van der Waals surface area contributed by atoms with Gasteiger partial charge in [0.15, 0.2) is 0 Å². The van der Waals surface area contributed by atoms with Crippen molar-refractivity contribution in [3.8, 4) is 0 Å². The van der Waals surface area contributed by atoms with E-state index in [2.05, 4.69) is 19.2 Å². The quantitative estimate of drug-likeness (QED) is 0.128. The van der Waals surface area contributed by atoms with Crippen molar-refractivity contribution in [3.05, 3.63) is 36.4 Å². The van der Waals surface area contributed by atoms with Gasteiger partial charge in [0.1, 0.15) is 0 Å². The van der Waals surface area contributed by atoms with Crippen LogP contribution in [0.25, 0.3) is 0 Å². The SMILES string of the molecule is CCCCCCCCCCCCCCNCCCCCCCCCCCCCC.c1ccccc1. The van der Waals surface area contributed by atoms with E-state index in [9.17, 15) is 0 Å². The van der Waals surface area contributed by atoms with Crippen molar-refractivity contribution in [2.45, 2.75) is 168 Å². The van der Waals surface area contributed by atoms with Gasteiger partial charge >= 0.3 is 0 Å². The Hall–Kier alpha value is -0.820. The van der Waals surface area contributed by atoms with E-state index in [0.29, 0.717) is 0 Å². The predicted octanol–water partition coefficient (Wildman–Crippen LogP) is 11.7. The average Bonchev–Trinajstić information content (AvgIpc) is 2.90. The van der Waals surface area contributed by atoms with Crippen LogP contribution in [-0.2, 0) is 0 Å². The molecule has 0 radical (unpaired) electrons. The fraction of sp³-hybridized carbons (Fsp3) is 0.824. The van der Waals surface area contributed by atoms with Crippen molar-refractivity contribution in [1.29, 1.82) is 0 Å². The molecule has 1 N–H and O–H groups in total. The molecule has 0 heterocycles. The smallest absolute Gasteiger partial charge is 0.00489 e. The molecule has 1 aromatic rings. The minimum absolute atomic E-state index is 1.25. The van der Waals surface area contributed by atoms with Crippen LogP contribution >= 0.6 is 0 Å². The zero-order chi connectivity index (χ0) is 25.3. The van der Waals surface area contributed by atoms with Crippen LogP contribution in [0.4, 0.5) is 0 Å². The van der Waals surface area contributed by atoms with E-state index < -0.39 is 0 Å². The molecule has 1 aromatic carbocycles. The number of hydrogen-bond donors (Lipinski definition) is 1. The fourth-order valence-corrected chi connectivity index (χ4v) is 4.69. The van der Waals surface area contributed by atoms with Crippen LogP contribution in [0.1, 0.15) is 168 Å². The summed E-state index contributed by atoms with van der Waals surface area (Å²) in [6.45, 7) is 7.09. The number of benzene rings is 1. The molecule has 0 saturated carbocycles. The zero-order valence-corrected chi connectivity index (χ0v) is 24.3. The van der Waals surface area contributed by atoms with Crippen LogP contribution in [0.2, 0.25) is 0 Å². The van der Waals surface area contributed by atoms with Crippen molar-refractivity contribution >= 4 is 0 Å². The predicted molar refractivity (Wildman–Crippen MR) is 161 cm³/mol. The van der Waals surface area contributed by atoms with Crippen molar-refractivity contribution in [1.82, 2.24) is 5.32 Å². The maximum Gasteiger partial charge on any atom is -0.00489 e. The maximum absolute atomic E-state index is 3.66. The monoisotopic (exact) mass is 488 g/mol. The van der Waals surface area contributed by atoms with Gasteiger partial charge in [-0.1, -0.05) is 192 Å². The molecule has 0 saturated heterocycles. The van der Waals surface area contributed by atoms with E-state index in [1.807, 2.05) is 36.4 Å². The molecule has 1 heteroatoms. The summed E-state index contributed by atoms with van der Waals surface area (Å²) in [6.07, 6.45) is 34.8. The van der Waals surface area contributed by atoms with Gasteiger partial charge in [0.25, 0.3) is 0 Å². The molecular weight excluding hydrogens is 422 g/mol. The number of hydrogen-bond acceptors (Lipinski definition) is 1. The highest BCUT2D eigenvalue weighted by Gasteiger charge is 1.95. The second-order valence-electron chi connectivity index (χ2n) is 10.7. The normalized spacial score (nSPS) is 10.8. The largest absolute Gasteiger partial charge is 0.317 e. The van der Waals surface area contributed by atoms with Gasteiger partial charge in [0, 0.05) is 0 Å². The van der Waals surface area contributed by atoms with Gasteiger partial charge < -0.3 is 5.32 Å². The second kappa shape index (κ2) is 33.2. The Morgan fingerprint density at radius 3 is 0.714 bits per heavy atom. The van der Waals surface area contributed by atoms with Gasteiger partial charge in [-0.3, -0.25) is 0 Å². The van der Waals surface area contributed by atoms with Crippen molar-refractivity contribution < 1.29 is 0 Å². The Morgan fingerprint density at radius 1 is 0.286 bits per heavy atom. The van der Waals surface area contributed by atoms with E-state index in [1.54, 1.807) is 0 Å². The van der Waals surface area contributed by atoms with Gasteiger partial charge in [-0.2, -0.15) is 0 Å². The van der Waals surface area contributed by atoms with Crippen LogP contribution in [0, 0.1) is 0 Å². The van der Waals surface area contributed by atoms with Crippen LogP contribution in [-0.4, -0.2) is 13.1 Å². The first-order valence-corrected chi connectivity index (χ1v) is 16.1. The standard InChI is InChI=1S/C28H59N.C6H6/c1-3-5-7-9-11-13-15-17-19-21-23-25-27-29-28-26-24-22-20-18-16-14-12-10-8-6-4-2;1-2-4-6-5-3-1/h29H,3-28H2,1-2H3;1-6H. The Morgan fingerprint density at radius 2 is 0.486 bits per heavy atom. The molecule has 1 rings (SSSR count). The van der Waals surface area contributed by atoms with E-state index >= 15 is 0 Å². The maximum atomic E-state index is 3.66. The first-order chi connectivity index (χ1) is 17.4. The summed E-state index contributed by atoms with van der Waals surface area (Å²) in [5.74, 6) is 0. The molecular formula is C34H65N. The molecule has 206 valence electrons. The molecule has 0 spiro atoms. The van der Waals surface area contributed by atoms with Crippen LogP contribution < -0.4 is 5.32 Å². The molecule has 0 amide bonds. The summed E-state index contributed by atoms with van der Waals surface area (Å²) in [7, 11) is 0. The second-order valence-corrected chi connectivity index (χ2v) is 10.7. The van der Waals surface area contributed by atoms with Crippen LogP contribution in [0.3, 0.4) is 0 Å². The number of nitrogens with one attached hydrogen (secondary N) is 1. The fourth-order valence-electron chi connectivity index (χ4n) is 4.69. The van der Waals surface area contributed by atoms with Gasteiger partial charge in [-0.15, -0.1) is 0 Å². The summed E-state index contributed by atoms with van der Waals surface area (Å²) >= 11 is 0. The third kappa shape index (κ3) is 33.2. The number of rotatable bonds is 26. The highest BCUT2D eigenvalue weighted by Crippen LogP contribution is 2.13. The van der Waals surface area contributed by atoms with Crippen molar-refractivity contribution in [3.63, 3.8) is 0 Å². The molecule has 0 bridgehead atoms. The van der Waals surface area contributed by atoms with Crippen molar-refractivity contribution in [2.24, 2.45) is 0 Å². The van der Waals surface area contributed by atoms with Gasteiger partial charge in [-0.05, 0) is 25.9 Å². The zero-order valence-electron chi connectivity index (χ0n) is 24.3. The Balaban J connectivity index is 0.00000166. The lowest BCUT2D eigenvalue weighted by Gasteiger charge is -2.06. The third-order valence-corrected chi connectivity index (χ3v) is 7.08. The molecule has 0 atom stereocenters. The number of unbranched alkanes of at least 4 members (excludes halogenated alkanes) is 22. The Labute approximate surface area is 222 Å². The Bertz CT molecular complexity index is 390. The van der Waals surface area contributed by atoms with Crippen molar-refractivity contribution in [2.75, 3.05) is 13.1 Å². The molecule has 0 aliphatic rings. The minimum atomic E-state index is 1.25. The third-order valence-electron chi connectivity index (χ3n) is 7.08. The molecule has 1 nitrogen and oxygen atoms in total. The molecule has 0 aliphatic carbocycles. The van der Waals surface area contributed by atoms with E-state index in [4.69, 9.17) is 0 Å². The summed E-state index contributed by atoms with van der Waals surface area (Å²) in [5.41, 5.74) is 0. The molecule has 0 unspecified atom stereocenters. The van der Waals surface area contributed by atoms with E-state index in [1.165, 1.54) is 167 Å². The molecule has 0 aromatic heterocycles. The molecule has 0 fully saturated rings. The summed E-state index contributed by atoms with van der Waals surface area (Å²) < 4.78 is 0. The lowest BCUT2D eigenvalue weighted by Crippen LogP contribution is -2.16.